The van der Waals surface area contributed by atoms with Crippen molar-refractivity contribution >= 4 is 38.6 Å². The Labute approximate surface area is 291 Å². The molecule has 7 heteroatoms. The number of allylic oxidation sites excluding steroid dienone is 5. The van der Waals surface area contributed by atoms with Gasteiger partial charge in [-0.1, -0.05) is 99.2 Å². The Hall–Kier alpha value is -4.26. The van der Waals surface area contributed by atoms with Gasteiger partial charge in [-0.25, -0.2) is 0 Å². The van der Waals surface area contributed by atoms with Gasteiger partial charge < -0.3 is 4.90 Å². The first-order valence-corrected chi connectivity index (χ1v) is 17.8. The van der Waals surface area contributed by atoms with Crippen LogP contribution in [0.2, 0.25) is 0 Å². The van der Waals surface area contributed by atoms with E-state index in [1.807, 2.05) is 36.2 Å². The average molecular weight is 684 g/mol. The molecular formula is C43H44F5N2+. The molecule has 7 rings (SSSR count). The molecule has 50 heavy (non-hydrogen) atoms. The van der Waals surface area contributed by atoms with Gasteiger partial charge in [-0.05, 0) is 72.9 Å². The predicted molar refractivity (Wildman–Crippen MR) is 195 cm³/mol. The molecule has 1 aliphatic carbocycles. The highest BCUT2D eigenvalue weighted by molar-refractivity contribution is 6.07. The first kappa shape index (κ1) is 34.2. The number of alkyl halides is 2. The van der Waals surface area contributed by atoms with Gasteiger partial charge >= 0.3 is 12.0 Å². The molecule has 1 unspecified atom stereocenters. The Morgan fingerprint density at radius 1 is 0.840 bits per heavy atom. The summed E-state index contributed by atoms with van der Waals surface area (Å²) in [5.41, 5.74) is 1.12. The third-order valence-electron chi connectivity index (χ3n) is 11.7. The van der Waals surface area contributed by atoms with E-state index >= 15 is 13.2 Å². The van der Waals surface area contributed by atoms with Crippen molar-refractivity contribution in [3.8, 4) is 0 Å². The average Bonchev–Trinajstić information content (AvgIpc) is 3.77. The monoisotopic (exact) mass is 683 g/mol. The number of hydrogen-bond acceptors (Lipinski definition) is 1. The summed E-state index contributed by atoms with van der Waals surface area (Å²) in [5, 5.41) is 3.46. The smallest absolute Gasteiger partial charge is 0.318 e. The van der Waals surface area contributed by atoms with E-state index in [1.54, 1.807) is 42.5 Å². The minimum Gasteiger partial charge on any atom is -0.344 e. The van der Waals surface area contributed by atoms with Crippen LogP contribution >= 0.6 is 0 Å². The van der Waals surface area contributed by atoms with Gasteiger partial charge in [-0.15, -0.1) is 0 Å². The largest absolute Gasteiger partial charge is 0.344 e. The summed E-state index contributed by atoms with van der Waals surface area (Å²) in [7, 11) is 1.99. The molecule has 3 aliphatic rings. The highest BCUT2D eigenvalue weighted by Crippen LogP contribution is 2.60. The number of benzene rings is 4. The highest BCUT2D eigenvalue weighted by Gasteiger charge is 2.64. The normalized spacial score (nSPS) is 21.3. The maximum absolute atomic E-state index is 16.6. The highest BCUT2D eigenvalue weighted by atomic mass is 19.3. The van der Waals surface area contributed by atoms with E-state index in [4.69, 9.17) is 0 Å². The van der Waals surface area contributed by atoms with Crippen molar-refractivity contribution in [1.29, 1.82) is 0 Å². The first-order valence-electron chi connectivity index (χ1n) is 17.8. The van der Waals surface area contributed by atoms with E-state index in [-0.39, 0.29) is 11.3 Å². The van der Waals surface area contributed by atoms with Crippen molar-refractivity contribution in [2.24, 2.45) is 5.92 Å². The molecule has 0 N–H and O–H groups in total. The Morgan fingerprint density at radius 3 is 2.12 bits per heavy atom. The van der Waals surface area contributed by atoms with E-state index in [9.17, 15) is 8.78 Å². The van der Waals surface area contributed by atoms with Crippen LogP contribution in [0.3, 0.4) is 0 Å². The summed E-state index contributed by atoms with van der Waals surface area (Å²) in [5.74, 6) is -6.53. The minimum atomic E-state index is -4.53. The molecule has 2 nitrogen and oxygen atoms in total. The quantitative estimate of drug-likeness (QED) is 0.0967. The van der Waals surface area contributed by atoms with Crippen LogP contribution in [-0.2, 0) is 10.8 Å². The number of hydrogen-bond donors (Lipinski definition) is 0. The number of anilines is 1. The Kier molecular flexibility index (Phi) is 8.76. The molecule has 0 spiro atoms. The number of halogens is 5. The summed E-state index contributed by atoms with van der Waals surface area (Å²) in [6.45, 7) is 5.92. The van der Waals surface area contributed by atoms with Crippen LogP contribution in [0.4, 0.5) is 33.3 Å². The van der Waals surface area contributed by atoms with E-state index in [0.29, 0.717) is 28.9 Å². The van der Waals surface area contributed by atoms with Gasteiger partial charge in [0.15, 0.2) is 5.71 Å². The third-order valence-corrected chi connectivity index (χ3v) is 11.7. The Bertz CT molecular complexity index is 2100. The summed E-state index contributed by atoms with van der Waals surface area (Å²) >= 11 is 0. The lowest BCUT2D eigenvalue weighted by atomic mass is 9.73. The van der Waals surface area contributed by atoms with Crippen molar-refractivity contribution < 1.29 is 26.5 Å². The molecule has 1 fully saturated rings. The molecule has 4 aromatic rings. The van der Waals surface area contributed by atoms with E-state index in [1.165, 1.54) is 38.2 Å². The van der Waals surface area contributed by atoms with Gasteiger partial charge in [0.1, 0.15) is 12.5 Å². The maximum Gasteiger partial charge on any atom is 0.318 e. The zero-order chi connectivity index (χ0) is 35.4. The van der Waals surface area contributed by atoms with Gasteiger partial charge in [0.25, 0.3) is 0 Å². The molecule has 260 valence electrons. The van der Waals surface area contributed by atoms with E-state index in [2.05, 4.69) is 42.7 Å². The SMILES string of the molecule is C[N+]1=C(/C=C/C=C2/N(CCCCC3CCCC3)c3ccc4ccccc4c3C2(C)C(F)(F)C(F)=C(F)F)C(C)(C)c2c1ccc1ccccc21. The Balaban J connectivity index is 1.35. The lowest BCUT2D eigenvalue weighted by Gasteiger charge is -2.36. The van der Waals surface area contributed by atoms with Gasteiger partial charge in [-0.3, -0.25) is 0 Å². The van der Waals surface area contributed by atoms with Crippen molar-refractivity contribution in [3.05, 3.63) is 120 Å². The molecule has 1 saturated carbocycles. The molecular weight excluding hydrogens is 639 g/mol. The molecule has 2 aliphatic heterocycles. The fourth-order valence-electron chi connectivity index (χ4n) is 9.12. The van der Waals surface area contributed by atoms with Crippen LogP contribution in [0, 0.1) is 5.92 Å². The van der Waals surface area contributed by atoms with Gasteiger partial charge in [0.05, 0.1) is 5.41 Å². The number of unbranched alkanes of at least 4 members (excludes halogenated alkanes) is 1. The second-order valence-corrected chi connectivity index (χ2v) is 14.9. The predicted octanol–water partition coefficient (Wildman–Crippen LogP) is 12.3. The molecule has 2 heterocycles. The maximum atomic E-state index is 16.6. The topological polar surface area (TPSA) is 6.25 Å². The first-order chi connectivity index (χ1) is 23.9. The molecule has 0 bridgehead atoms. The fraction of sp³-hybridized carbons (Fsp3) is 0.372. The summed E-state index contributed by atoms with van der Waals surface area (Å²) in [6.07, 6.45) is 9.93. The lowest BCUT2D eigenvalue weighted by Crippen LogP contribution is -2.46. The van der Waals surface area contributed by atoms with E-state index in [0.717, 1.165) is 41.4 Å². The number of rotatable bonds is 9. The van der Waals surface area contributed by atoms with Crippen molar-refractivity contribution in [3.63, 3.8) is 0 Å². The lowest BCUT2D eigenvalue weighted by molar-refractivity contribution is -0.401. The molecule has 4 aromatic carbocycles. The third kappa shape index (κ3) is 5.30. The molecule has 1 atom stereocenters. The van der Waals surface area contributed by atoms with Gasteiger partial charge in [-0.2, -0.15) is 26.5 Å². The van der Waals surface area contributed by atoms with Crippen LogP contribution in [0.15, 0.2) is 109 Å². The molecule has 0 amide bonds. The second-order valence-electron chi connectivity index (χ2n) is 14.9. The standard InChI is InChI=1S/C43H44F5N2/c1-41(2)35(49(4)33-25-23-29-17-7-9-19-31(29)37(33)41)21-13-22-36-42(3,43(47,48)39(44)40(45)46)38-32-20-10-8-18-30(32)24-26-34(38)50(36)27-12-11-16-28-14-5-6-15-28/h7-10,13,17-26,28H,5-6,11-12,14-16,27H2,1-4H3/q+1. The molecule has 0 saturated heterocycles. The molecule has 0 aromatic heterocycles. The van der Waals surface area contributed by atoms with Crippen LogP contribution in [0.1, 0.15) is 76.8 Å². The Morgan fingerprint density at radius 2 is 1.46 bits per heavy atom. The molecule has 0 radical (unpaired) electrons. The number of nitrogens with zero attached hydrogens (tertiary/aromatic N) is 2. The number of fused-ring (bicyclic) bond motifs is 6. The van der Waals surface area contributed by atoms with Crippen LogP contribution in [0.25, 0.3) is 21.5 Å². The summed E-state index contributed by atoms with van der Waals surface area (Å²) in [4.78, 5) is 1.83. The van der Waals surface area contributed by atoms with Gasteiger partial charge in [0.2, 0.25) is 11.5 Å². The van der Waals surface area contributed by atoms with Crippen LogP contribution < -0.4 is 4.90 Å². The van der Waals surface area contributed by atoms with Crippen LogP contribution in [0.5, 0.6) is 0 Å². The van der Waals surface area contributed by atoms with Crippen molar-refractivity contribution in [2.75, 3.05) is 18.5 Å². The van der Waals surface area contributed by atoms with Crippen LogP contribution in [-0.4, -0.2) is 29.8 Å². The van der Waals surface area contributed by atoms with Crippen molar-refractivity contribution in [1.82, 2.24) is 0 Å². The summed E-state index contributed by atoms with van der Waals surface area (Å²) in [6, 6.07) is 23.2. The second kappa shape index (κ2) is 12.8. The zero-order valence-electron chi connectivity index (χ0n) is 29.2. The minimum absolute atomic E-state index is 0.101. The fourth-order valence-corrected chi connectivity index (χ4v) is 9.12. The van der Waals surface area contributed by atoms with Gasteiger partial charge in [0, 0.05) is 41.2 Å². The van der Waals surface area contributed by atoms with Crippen molar-refractivity contribution in [2.45, 2.75) is 82.5 Å². The summed E-state index contributed by atoms with van der Waals surface area (Å²) < 4.78 is 78.2. The zero-order valence-corrected chi connectivity index (χ0v) is 29.2. The van der Waals surface area contributed by atoms with E-state index < -0.39 is 28.7 Å².